The summed E-state index contributed by atoms with van der Waals surface area (Å²) in [6.45, 7) is 6.19. The molecule has 0 radical (unpaired) electrons. The predicted molar refractivity (Wildman–Crippen MR) is 83.4 cm³/mol. The van der Waals surface area contributed by atoms with Crippen molar-refractivity contribution in [3.05, 3.63) is 0 Å². The van der Waals surface area contributed by atoms with E-state index in [2.05, 4.69) is 38.2 Å². The molecule has 2 rings (SSSR count). The van der Waals surface area contributed by atoms with E-state index in [0.29, 0.717) is 0 Å². The molecule has 0 aromatic heterocycles. The zero-order chi connectivity index (χ0) is 13.8. The van der Waals surface area contributed by atoms with Crippen molar-refractivity contribution < 1.29 is 0 Å². The maximum absolute atomic E-state index is 3.60. The van der Waals surface area contributed by atoms with E-state index in [1.165, 1.54) is 51.5 Å². The van der Waals surface area contributed by atoms with Crippen LogP contribution in [-0.4, -0.2) is 37.6 Å². The maximum atomic E-state index is 3.60. The lowest BCUT2D eigenvalue weighted by Gasteiger charge is -2.43. The number of hydrogen-bond donors (Lipinski definition) is 1. The Hall–Kier alpha value is -0.0800. The molecule has 2 heteroatoms. The monoisotopic (exact) mass is 266 g/mol. The number of nitrogens with one attached hydrogen (secondary N) is 1. The lowest BCUT2D eigenvalue weighted by Crippen LogP contribution is -2.49. The van der Waals surface area contributed by atoms with Gasteiger partial charge in [0, 0.05) is 18.6 Å². The normalized spacial score (nSPS) is 37.7. The van der Waals surface area contributed by atoms with Crippen molar-refractivity contribution in [2.24, 2.45) is 17.8 Å². The van der Waals surface area contributed by atoms with Gasteiger partial charge in [0.15, 0.2) is 0 Å². The quantitative estimate of drug-likeness (QED) is 0.837. The summed E-state index contributed by atoms with van der Waals surface area (Å²) in [5.74, 6) is 2.60. The molecule has 2 aliphatic carbocycles. The highest BCUT2D eigenvalue weighted by Gasteiger charge is 2.34. The van der Waals surface area contributed by atoms with Crippen LogP contribution in [-0.2, 0) is 0 Å². The molecule has 4 atom stereocenters. The molecule has 2 fully saturated rings. The molecule has 0 saturated heterocycles. The van der Waals surface area contributed by atoms with Crippen molar-refractivity contribution in [1.82, 2.24) is 10.2 Å². The summed E-state index contributed by atoms with van der Waals surface area (Å²) in [5, 5.41) is 3.60. The van der Waals surface area contributed by atoms with Crippen LogP contribution < -0.4 is 5.32 Å². The highest BCUT2D eigenvalue weighted by molar-refractivity contribution is 4.89. The molecule has 2 nitrogen and oxygen atoms in total. The van der Waals surface area contributed by atoms with Crippen molar-refractivity contribution in [3.63, 3.8) is 0 Å². The average Bonchev–Trinajstić information content (AvgIpc) is 2.42. The molecule has 19 heavy (non-hydrogen) atoms. The summed E-state index contributed by atoms with van der Waals surface area (Å²) in [6, 6.07) is 1.59. The lowest BCUT2D eigenvalue weighted by molar-refractivity contribution is 0.0866. The van der Waals surface area contributed by atoms with Crippen LogP contribution in [0.5, 0.6) is 0 Å². The van der Waals surface area contributed by atoms with Gasteiger partial charge in [0.1, 0.15) is 0 Å². The van der Waals surface area contributed by atoms with Crippen molar-refractivity contribution in [2.75, 3.05) is 20.6 Å². The van der Waals surface area contributed by atoms with Crippen molar-refractivity contribution in [2.45, 2.75) is 70.9 Å². The number of hydrogen-bond acceptors (Lipinski definition) is 2. The van der Waals surface area contributed by atoms with E-state index < -0.39 is 0 Å². The maximum Gasteiger partial charge on any atom is 0.0110 e. The molecule has 0 heterocycles. The topological polar surface area (TPSA) is 15.3 Å². The van der Waals surface area contributed by atoms with E-state index in [0.717, 1.165) is 29.8 Å². The van der Waals surface area contributed by atoms with Gasteiger partial charge in [-0.05, 0) is 57.5 Å². The third-order valence-electron chi connectivity index (χ3n) is 5.75. The second-order valence-electron chi connectivity index (χ2n) is 7.34. The molecule has 2 saturated carbocycles. The van der Waals surface area contributed by atoms with E-state index in [9.17, 15) is 0 Å². The van der Waals surface area contributed by atoms with Crippen molar-refractivity contribution >= 4 is 0 Å². The number of nitrogens with zero attached hydrogens (tertiary/aromatic N) is 1. The van der Waals surface area contributed by atoms with E-state index in [1.807, 2.05) is 0 Å². The zero-order valence-corrected chi connectivity index (χ0v) is 13.5. The lowest BCUT2D eigenvalue weighted by atomic mass is 9.72. The minimum Gasteiger partial charge on any atom is -0.317 e. The Morgan fingerprint density at radius 2 is 1.74 bits per heavy atom. The molecule has 0 spiro atoms. The summed E-state index contributed by atoms with van der Waals surface area (Å²) >= 11 is 0. The molecule has 112 valence electrons. The molecule has 4 unspecified atom stereocenters. The Morgan fingerprint density at radius 3 is 2.37 bits per heavy atom. The van der Waals surface area contributed by atoms with Crippen LogP contribution in [0.2, 0.25) is 0 Å². The third kappa shape index (κ3) is 3.95. The van der Waals surface area contributed by atoms with E-state index in [1.54, 1.807) is 0 Å². The Balaban J connectivity index is 1.91. The van der Waals surface area contributed by atoms with Gasteiger partial charge in [-0.2, -0.15) is 0 Å². The van der Waals surface area contributed by atoms with E-state index in [4.69, 9.17) is 0 Å². The second kappa shape index (κ2) is 7.08. The van der Waals surface area contributed by atoms with Crippen LogP contribution in [0.3, 0.4) is 0 Å². The van der Waals surface area contributed by atoms with E-state index >= 15 is 0 Å². The van der Waals surface area contributed by atoms with Gasteiger partial charge in [-0.15, -0.1) is 0 Å². The van der Waals surface area contributed by atoms with Crippen molar-refractivity contribution in [3.8, 4) is 0 Å². The SMILES string of the molecule is CNC1CC(C)CC(C)C1CN(C)C1CCCCC1. The summed E-state index contributed by atoms with van der Waals surface area (Å²) in [7, 11) is 4.52. The molecular formula is C17H34N2. The molecule has 0 amide bonds. The summed E-state index contributed by atoms with van der Waals surface area (Å²) in [5.41, 5.74) is 0. The Labute approximate surface area is 120 Å². The second-order valence-corrected chi connectivity index (χ2v) is 7.34. The fourth-order valence-electron chi connectivity index (χ4n) is 4.55. The average molecular weight is 266 g/mol. The van der Waals surface area contributed by atoms with Gasteiger partial charge in [-0.3, -0.25) is 0 Å². The minimum atomic E-state index is 0.727. The molecule has 0 bridgehead atoms. The third-order valence-corrected chi connectivity index (χ3v) is 5.75. The molecule has 2 aliphatic rings. The highest BCUT2D eigenvalue weighted by atomic mass is 15.1. The van der Waals surface area contributed by atoms with Crippen LogP contribution >= 0.6 is 0 Å². The first-order chi connectivity index (χ1) is 9.11. The number of rotatable bonds is 4. The highest BCUT2D eigenvalue weighted by Crippen LogP contribution is 2.35. The van der Waals surface area contributed by atoms with Gasteiger partial charge in [0.2, 0.25) is 0 Å². The minimum absolute atomic E-state index is 0.727. The fraction of sp³-hybridized carbons (Fsp3) is 1.00. The fourth-order valence-corrected chi connectivity index (χ4v) is 4.55. The summed E-state index contributed by atoms with van der Waals surface area (Å²) < 4.78 is 0. The van der Waals surface area contributed by atoms with Gasteiger partial charge < -0.3 is 10.2 Å². The van der Waals surface area contributed by atoms with Gasteiger partial charge >= 0.3 is 0 Å². The van der Waals surface area contributed by atoms with Crippen molar-refractivity contribution in [1.29, 1.82) is 0 Å². The first kappa shape index (κ1) is 15.3. The predicted octanol–water partition coefficient (Wildman–Crippen LogP) is 3.52. The smallest absolute Gasteiger partial charge is 0.0110 e. The van der Waals surface area contributed by atoms with Gasteiger partial charge in [0.05, 0.1) is 0 Å². The molecule has 1 N–H and O–H groups in total. The van der Waals surface area contributed by atoms with Crippen LogP contribution in [0.1, 0.15) is 58.8 Å². The Kier molecular flexibility index (Phi) is 5.70. The van der Waals surface area contributed by atoms with E-state index in [-0.39, 0.29) is 0 Å². The molecular weight excluding hydrogens is 232 g/mol. The standard InChI is InChI=1S/C17H34N2/c1-13-10-14(2)16(17(11-13)18-3)12-19(4)15-8-6-5-7-9-15/h13-18H,5-12H2,1-4H3. The van der Waals surface area contributed by atoms with Gasteiger partial charge in [-0.25, -0.2) is 0 Å². The summed E-state index contributed by atoms with van der Waals surface area (Å²) in [4.78, 5) is 2.68. The van der Waals surface area contributed by atoms with Gasteiger partial charge in [0.25, 0.3) is 0 Å². The van der Waals surface area contributed by atoms with Crippen LogP contribution in [0.15, 0.2) is 0 Å². The van der Waals surface area contributed by atoms with Crippen LogP contribution in [0.4, 0.5) is 0 Å². The first-order valence-corrected chi connectivity index (χ1v) is 8.49. The van der Waals surface area contributed by atoms with Crippen LogP contribution in [0.25, 0.3) is 0 Å². The molecule has 0 aromatic carbocycles. The van der Waals surface area contributed by atoms with Crippen LogP contribution in [0, 0.1) is 17.8 Å². The Morgan fingerprint density at radius 1 is 1.05 bits per heavy atom. The largest absolute Gasteiger partial charge is 0.317 e. The summed E-state index contributed by atoms with van der Waals surface area (Å²) in [6.07, 6.45) is 9.99. The van der Waals surface area contributed by atoms with Gasteiger partial charge in [-0.1, -0.05) is 33.1 Å². The molecule has 0 aliphatic heterocycles. The molecule has 0 aromatic rings. The first-order valence-electron chi connectivity index (χ1n) is 8.49. The Bertz CT molecular complexity index is 260. The zero-order valence-electron chi connectivity index (χ0n) is 13.5.